The lowest BCUT2D eigenvalue weighted by molar-refractivity contribution is 0.229. The molecule has 4 nitrogen and oxygen atoms in total. The molecule has 2 aliphatic carbocycles. The van der Waals surface area contributed by atoms with E-state index in [0.29, 0.717) is 5.92 Å². The molecule has 3 rings (SSSR count). The molecular formula is C15H25N3O. The van der Waals surface area contributed by atoms with E-state index in [4.69, 9.17) is 10.3 Å². The van der Waals surface area contributed by atoms with Crippen molar-refractivity contribution in [3.63, 3.8) is 0 Å². The van der Waals surface area contributed by atoms with Crippen LogP contribution in [0.25, 0.3) is 0 Å². The molecule has 0 amide bonds. The largest absolute Gasteiger partial charge is 0.339 e. The summed E-state index contributed by atoms with van der Waals surface area (Å²) in [4.78, 5) is 4.65. The molecule has 2 N–H and O–H groups in total. The number of nitrogens with two attached hydrogens (primary N) is 1. The maximum atomic E-state index is 6.50. The van der Waals surface area contributed by atoms with Crippen LogP contribution in [0.5, 0.6) is 0 Å². The summed E-state index contributed by atoms with van der Waals surface area (Å²) in [6, 6.07) is 0. The van der Waals surface area contributed by atoms with E-state index < -0.39 is 0 Å². The highest BCUT2D eigenvalue weighted by Gasteiger charge is 2.37. The highest BCUT2D eigenvalue weighted by atomic mass is 16.5. The van der Waals surface area contributed by atoms with E-state index >= 15 is 0 Å². The molecule has 0 spiro atoms. The highest BCUT2D eigenvalue weighted by molar-refractivity contribution is 5.07. The second-order valence-electron chi connectivity index (χ2n) is 6.63. The summed E-state index contributed by atoms with van der Waals surface area (Å²) < 4.78 is 5.51. The van der Waals surface area contributed by atoms with Crippen molar-refractivity contribution in [1.29, 1.82) is 0 Å². The molecule has 19 heavy (non-hydrogen) atoms. The molecule has 0 unspecified atom stereocenters. The summed E-state index contributed by atoms with van der Waals surface area (Å²) in [7, 11) is 0. The molecule has 2 fully saturated rings. The van der Waals surface area contributed by atoms with Gasteiger partial charge in [-0.05, 0) is 44.4 Å². The van der Waals surface area contributed by atoms with Gasteiger partial charge in [0.1, 0.15) is 0 Å². The van der Waals surface area contributed by atoms with Crippen molar-refractivity contribution < 1.29 is 4.52 Å². The maximum absolute atomic E-state index is 6.50. The van der Waals surface area contributed by atoms with Crippen LogP contribution in [-0.2, 0) is 5.54 Å². The number of aromatic nitrogens is 2. The Kier molecular flexibility index (Phi) is 3.61. The van der Waals surface area contributed by atoms with E-state index in [0.717, 1.165) is 30.5 Å². The quantitative estimate of drug-likeness (QED) is 0.887. The van der Waals surface area contributed by atoms with Gasteiger partial charge >= 0.3 is 0 Å². The molecule has 0 atom stereocenters. The summed E-state index contributed by atoms with van der Waals surface area (Å²) in [5, 5.41) is 4.20. The van der Waals surface area contributed by atoms with Gasteiger partial charge in [-0.15, -0.1) is 0 Å². The van der Waals surface area contributed by atoms with Gasteiger partial charge in [0.25, 0.3) is 0 Å². The third-order valence-electron chi connectivity index (χ3n) is 5.01. The SMILES string of the molecule is CC1CCC(N)(c2noc(C3CCCCC3)n2)CC1. The molecule has 4 heteroatoms. The van der Waals surface area contributed by atoms with Crippen LogP contribution in [0.4, 0.5) is 0 Å². The van der Waals surface area contributed by atoms with Crippen LogP contribution in [0.3, 0.4) is 0 Å². The first-order valence-corrected chi connectivity index (χ1v) is 7.80. The topological polar surface area (TPSA) is 64.9 Å². The first-order chi connectivity index (χ1) is 9.17. The summed E-state index contributed by atoms with van der Waals surface area (Å²) in [6.45, 7) is 2.29. The predicted octanol–water partition coefficient (Wildman–Crippen LogP) is 3.48. The van der Waals surface area contributed by atoms with E-state index in [-0.39, 0.29) is 5.54 Å². The van der Waals surface area contributed by atoms with Crippen LogP contribution < -0.4 is 5.73 Å². The molecule has 0 aromatic carbocycles. The lowest BCUT2D eigenvalue weighted by Gasteiger charge is -2.33. The maximum Gasteiger partial charge on any atom is 0.229 e. The average Bonchev–Trinajstić information content (AvgIpc) is 2.94. The van der Waals surface area contributed by atoms with Gasteiger partial charge in [0.05, 0.1) is 5.54 Å². The van der Waals surface area contributed by atoms with Crippen LogP contribution >= 0.6 is 0 Å². The minimum absolute atomic E-state index is 0.344. The van der Waals surface area contributed by atoms with Gasteiger partial charge in [-0.2, -0.15) is 4.98 Å². The summed E-state index contributed by atoms with van der Waals surface area (Å²) in [5.41, 5.74) is 6.16. The molecule has 106 valence electrons. The Morgan fingerprint density at radius 3 is 2.47 bits per heavy atom. The Bertz CT molecular complexity index is 415. The minimum atomic E-state index is -0.344. The van der Waals surface area contributed by atoms with E-state index in [1.807, 2.05) is 0 Å². The average molecular weight is 263 g/mol. The van der Waals surface area contributed by atoms with Gasteiger partial charge in [0.2, 0.25) is 5.89 Å². The van der Waals surface area contributed by atoms with Crippen LogP contribution in [0, 0.1) is 5.92 Å². The predicted molar refractivity (Wildman–Crippen MR) is 73.6 cm³/mol. The Hall–Kier alpha value is -0.900. The van der Waals surface area contributed by atoms with Crippen molar-refractivity contribution in [2.24, 2.45) is 11.7 Å². The number of nitrogens with zero attached hydrogens (tertiary/aromatic N) is 2. The first kappa shape index (κ1) is 13.1. The Balaban J connectivity index is 1.73. The molecule has 1 aromatic heterocycles. The van der Waals surface area contributed by atoms with Gasteiger partial charge in [-0.1, -0.05) is 31.3 Å². The van der Waals surface area contributed by atoms with E-state index in [2.05, 4.69) is 17.1 Å². The minimum Gasteiger partial charge on any atom is -0.339 e. The van der Waals surface area contributed by atoms with Gasteiger partial charge in [0.15, 0.2) is 5.82 Å². The standard InChI is InChI=1S/C15H25N3O/c1-11-7-9-15(16,10-8-11)14-17-13(19-18-14)12-5-3-2-4-6-12/h11-12H,2-10,16H2,1H3. The molecule has 0 radical (unpaired) electrons. The van der Waals surface area contributed by atoms with Crippen molar-refractivity contribution >= 4 is 0 Å². The number of rotatable bonds is 2. The second kappa shape index (κ2) is 5.23. The van der Waals surface area contributed by atoms with Crippen LogP contribution in [0.15, 0.2) is 4.52 Å². The molecule has 2 aliphatic rings. The fraction of sp³-hybridized carbons (Fsp3) is 0.867. The van der Waals surface area contributed by atoms with Crippen molar-refractivity contribution in [2.45, 2.75) is 76.2 Å². The Morgan fingerprint density at radius 2 is 1.79 bits per heavy atom. The molecule has 0 aliphatic heterocycles. The normalized spacial score (nSPS) is 33.5. The van der Waals surface area contributed by atoms with Gasteiger partial charge in [-0.3, -0.25) is 0 Å². The lowest BCUT2D eigenvalue weighted by Crippen LogP contribution is -2.41. The molecule has 2 saturated carbocycles. The second-order valence-corrected chi connectivity index (χ2v) is 6.63. The molecule has 1 heterocycles. The van der Waals surface area contributed by atoms with E-state index in [9.17, 15) is 0 Å². The van der Waals surface area contributed by atoms with Crippen molar-refractivity contribution in [1.82, 2.24) is 10.1 Å². The first-order valence-electron chi connectivity index (χ1n) is 7.80. The zero-order valence-electron chi connectivity index (χ0n) is 11.9. The van der Waals surface area contributed by atoms with Gasteiger partial charge in [-0.25, -0.2) is 0 Å². The fourth-order valence-corrected chi connectivity index (χ4v) is 3.45. The third-order valence-corrected chi connectivity index (χ3v) is 5.01. The molecule has 0 saturated heterocycles. The number of hydrogen-bond donors (Lipinski definition) is 1. The third kappa shape index (κ3) is 2.69. The van der Waals surface area contributed by atoms with Crippen LogP contribution in [-0.4, -0.2) is 10.1 Å². The van der Waals surface area contributed by atoms with Crippen molar-refractivity contribution in [2.75, 3.05) is 0 Å². The summed E-state index contributed by atoms with van der Waals surface area (Å²) in [6.07, 6.45) is 10.6. The monoisotopic (exact) mass is 263 g/mol. The zero-order valence-corrected chi connectivity index (χ0v) is 11.9. The van der Waals surface area contributed by atoms with Crippen LogP contribution in [0.1, 0.15) is 82.3 Å². The zero-order chi connectivity index (χ0) is 13.3. The van der Waals surface area contributed by atoms with E-state index in [1.165, 1.54) is 44.9 Å². The lowest BCUT2D eigenvalue weighted by atomic mass is 9.77. The molecular weight excluding hydrogens is 238 g/mol. The Morgan fingerprint density at radius 1 is 1.11 bits per heavy atom. The smallest absolute Gasteiger partial charge is 0.229 e. The summed E-state index contributed by atoms with van der Waals surface area (Å²) >= 11 is 0. The van der Waals surface area contributed by atoms with Crippen LogP contribution in [0.2, 0.25) is 0 Å². The molecule has 1 aromatic rings. The highest BCUT2D eigenvalue weighted by Crippen LogP contribution is 2.37. The van der Waals surface area contributed by atoms with Gasteiger partial charge in [0, 0.05) is 5.92 Å². The fourth-order valence-electron chi connectivity index (χ4n) is 3.45. The summed E-state index contributed by atoms with van der Waals surface area (Å²) in [5.74, 6) is 2.83. The Labute approximate surface area is 115 Å². The van der Waals surface area contributed by atoms with Crippen molar-refractivity contribution in [3.8, 4) is 0 Å². The van der Waals surface area contributed by atoms with Gasteiger partial charge < -0.3 is 10.3 Å². The number of hydrogen-bond acceptors (Lipinski definition) is 4. The van der Waals surface area contributed by atoms with E-state index in [1.54, 1.807) is 0 Å². The molecule has 0 bridgehead atoms. The van der Waals surface area contributed by atoms with Crippen molar-refractivity contribution in [3.05, 3.63) is 11.7 Å².